The van der Waals surface area contributed by atoms with E-state index in [2.05, 4.69) is 9.47 Å². The number of carbonyl (C=O) groups excluding carboxylic acids is 2. The van der Waals surface area contributed by atoms with Crippen LogP contribution in [-0.2, 0) is 19.1 Å². The van der Waals surface area contributed by atoms with Gasteiger partial charge in [-0.1, -0.05) is 0 Å². The van der Waals surface area contributed by atoms with Gasteiger partial charge >= 0.3 is 5.97 Å². The van der Waals surface area contributed by atoms with E-state index in [1.54, 1.807) is 0 Å². The lowest BCUT2D eigenvalue weighted by molar-refractivity contribution is -0.144. The van der Waals surface area contributed by atoms with Gasteiger partial charge in [0.15, 0.2) is 0 Å². The van der Waals surface area contributed by atoms with Crippen LogP contribution in [0.5, 0.6) is 0 Å². The lowest BCUT2D eigenvalue weighted by atomic mass is 10.3. The Morgan fingerprint density at radius 1 is 1.80 bits per heavy atom. The predicted molar refractivity (Wildman–Crippen MR) is 32.0 cm³/mol. The average molecular weight is 147 g/mol. The molecule has 0 radical (unpaired) electrons. The van der Waals surface area contributed by atoms with E-state index in [-0.39, 0.29) is 13.1 Å². The van der Waals surface area contributed by atoms with Crippen molar-refractivity contribution in [2.24, 2.45) is 5.73 Å². The van der Waals surface area contributed by atoms with Gasteiger partial charge in [0.25, 0.3) is 6.47 Å². The minimum absolute atomic E-state index is 0.143. The number of carbonyl (C=O) groups is 2. The van der Waals surface area contributed by atoms with Crippen molar-refractivity contribution in [2.45, 2.75) is 6.04 Å². The molecular formula is C5H9NO4. The van der Waals surface area contributed by atoms with E-state index < -0.39 is 12.0 Å². The Kier molecular flexibility index (Phi) is 4.23. The third-order valence-corrected chi connectivity index (χ3v) is 0.848. The van der Waals surface area contributed by atoms with Crippen LogP contribution in [0.4, 0.5) is 0 Å². The van der Waals surface area contributed by atoms with Gasteiger partial charge in [-0.2, -0.15) is 0 Å². The van der Waals surface area contributed by atoms with Crippen molar-refractivity contribution in [3.05, 3.63) is 0 Å². The molecule has 0 aliphatic rings. The van der Waals surface area contributed by atoms with Crippen molar-refractivity contribution >= 4 is 12.4 Å². The molecule has 0 spiro atoms. The Labute approximate surface area is 58.1 Å². The summed E-state index contributed by atoms with van der Waals surface area (Å²) in [4.78, 5) is 20.1. The van der Waals surface area contributed by atoms with E-state index in [0.29, 0.717) is 0 Å². The number of nitrogens with two attached hydrogens (primary N) is 1. The highest BCUT2D eigenvalue weighted by Crippen LogP contribution is 1.82. The van der Waals surface area contributed by atoms with Crippen LogP contribution in [0.3, 0.4) is 0 Å². The van der Waals surface area contributed by atoms with Crippen molar-refractivity contribution in [1.29, 1.82) is 0 Å². The van der Waals surface area contributed by atoms with Gasteiger partial charge in [-0.25, -0.2) is 0 Å². The molecule has 1 atom stereocenters. The Morgan fingerprint density at radius 3 is 2.80 bits per heavy atom. The quantitative estimate of drug-likeness (QED) is 0.393. The predicted octanol–water partition coefficient (Wildman–Crippen LogP) is -1.34. The van der Waals surface area contributed by atoms with Crippen LogP contribution < -0.4 is 5.73 Å². The molecule has 5 heteroatoms. The van der Waals surface area contributed by atoms with E-state index in [1.165, 1.54) is 7.11 Å². The summed E-state index contributed by atoms with van der Waals surface area (Å²) in [7, 11) is 1.21. The van der Waals surface area contributed by atoms with Gasteiger partial charge in [0.1, 0.15) is 12.6 Å². The highest BCUT2D eigenvalue weighted by atomic mass is 16.5. The molecule has 10 heavy (non-hydrogen) atoms. The number of ether oxygens (including phenoxy) is 2. The Morgan fingerprint density at radius 2 is 2.40 bits per heavy atom. The van der Waals surface area contributed by atoms with E-state index in [1.807, 2.05) is 0 Å². The molecule has 0 amide bonds. The molecule has 0 aromatic rings. The van der Waals surface area contributed by atoms with Crippen LogP contribution in [0, 0.1) is 0 Å². The van der Waals surface area contributed by atoms with Crippen LogP contribution in [-0.4, -0.2) is 32.2 Å². The normalized spacial score (nSPS) is 11.8. The molecule has 0 aromatic heterocycles. The molecular weight excluding hydrogens is 138 g/mol. The number of rotatable bonds is 4. The summed E-state index contributed by atoms with van der Waals surface area (Å²) in [5.74, 6) is -0.596. The lowest BCUT2D eigenvalue weighted by Crippen LogP contribution is -2.35. The molecule has 0 aliphatic carbocycles. The third-order valence-electron chi connectivity index (χ3n) is 0.848. The largest absolute Gasteiger partial charge is 0.468 e. The Balaban J connectivity index is 3.50. The first-order valence-electron chi connectivity index (χ1n) is 2.61. The first-order valence-corrected chi connectivity index (χ1v) is 2.61. The first-order chi connectivity index (χ1) is 4.72. The van der Waals surface area contributed by atoms with Crippen LogP contribution in [0.15, 0.2) is 0 Å². The molecule has 58 valence electrons. The Bertz CT molecular complexity index is 125. The minimum Gasteiger partial charge on any atom is -0.468 e. The third kappa shape index (κ3) is 3.03. The van der Waals surface area contributed by atoms with E-state index in [9.17, 15) is 9.59 Å². The van der Waals surface area contributed by atoms with Gasteiger partial charge in [-0.3, -0.25) is 9.59 Å². The molecule has 0 aromatic carbocycles. The fourth-order valence-corrected chi connectivity index (χ4v) is 0.362. The molecule has 2 N–H and O–H groups in total. The zero-order valence-corrected chi connectivity index (χ0v) is 5.57. The fourth-order valence-electron chi connectivity index (χ4n) is 0.362. The van der Waals surface area contributed by atoms with Crippen molar-refractivity contribution in [2.75, 3.05) is 13.7 Å². The summed E-state index contributed by atoms with van der Waals surface area (Å²) in [6.07, 6.45) is 0. The van der Waals surface area contributed by atoms with Crippen molar-refractivity contribution in [1.82, 2.24) is 0 Å². The first kappa shape index (κ1) is 8.90. The molecule has 0 saturated carbocycles. The topological polar surface area (TPSA) is 78.6 Å². The zero-order valence-electron chi connectivity index (χ0n) is 5.57. The maximum absolute atomic E-state index is 10.5. The van der Waals surface area contributed by atoms with Crippen LogP contribution >= 0.6 is 0 Å². The number of hydrogen-bond donors (Lipinski definition) is 1. The molecule has 0 bridgehead atoms. The summed E-state index contributed by atoms with van der Waals surface area (Å²) in [5, 5.41) is 0. The smallest absolute Gasteiger partial charge is 0.326 e. The van der Waals surface area contributed by atoms with Gasteiger partial charge in [-0.15, -0.1) is 0 Å². The molecule has 0 unspecified atom stereocenters. The summed E-state index contributed by atoms with van der Waals surface area (Å²) in [6.45, 7) is 0.0823. The van der Waals surface area contributed by atoms with Gasteiger partial charge < -0.3 is 15.2 Å². The molecule has 5 nitrogen and oxygen atoms in total. The van der Waals surface area contributed by atoms with Crippen molar-refractivity contribution in [3.63, 3.8) is 0 Å². The Hall–Kier alpha value is -1.10. The van der Waals surface area contributed by atoms with E-state index in [4.69, 9.17) is 5.73 Å². The zero-order chi connectivity index (χ0) is 7.98. The second-order valence-electron chi connectivity index (χ2n) is 1.56. The van der Waals surface area contributed by atoms with Crippen molar-refractivity contribution < 1.29 is 19.1 Å². The second kappa shape index (κ2) is 4.75. The average Bonchev–Trinajstić information content (AvgIpc) is 1.98. The maximum atomic E-state index is 10.5. The fraction of sp³-hybridized carbons (Fsp3) is 0.600. The maximum Gasteiger partial charge on any atom is 0.326 e. The number of hydrogen-bond acceptors (Lipinski definition) is 5. The highest BCUT2D eigenvalue weighted by molar-refractivity contribution is 5.75. The molecule has 0 heterocycles. The van der Waals surface area contributed by atoms with Crippen molar-refractivity contribution in [3.8, 4) is 0 Å². The molecule has 0 aliphatic heterocycles. The standard InChI is InChI=1S/C5H9NO4/c1-9-5(8)4(6)2-10-3-7/h3-4H,2,6H2,1H3/t4-/m0/s1. The summed E-state index contributed by atoms with van der Waals surface area (Å²) >= 11 is 0. The van der Waals surface area contributed by atoms with Crippen LogP contribution in [0.1, 0.15) is 0 Å². The summed E-state index contributed by atoms with van der Waals surface area (Å²) in [6, 6.07) is -0.879. The second-order valence-corrected chi connectivity index (χ2v) is 1.56. The van der Waals surface area contributed by atoms with E-state index >= 15 is 0 Å². The van der Waals surface area contributed by atoms with Crippen LogP contribution in [0.2, 0.25) is 0 Å². The van der Waals surface area contributed by atoms with Gasteiger partial charge in [0.2, 0.25) is 0 Å². The highest BCUT2D eigenvalue weighted by Gasteiger charge is 2.12. The van der Waals surface area contributed by atoms with Gasteiger partial charge in [0, 0.05) is 0 Å². The van der Waals surface area contributed by atoms with Gasteiger partial charge in [0.05, 0.1) is 7.11 Å². The van der Waals surface area contributed by atoms with E-state index in [0.717, 1.165) is 0 Å². The number of esters is 1. The molecule has 0 saturated heterocycles. The SMILES string of the molecule is COC(=O)[C@@H](N)COC=O. The van der Waals surface area contributed by atoms with Gasteiger partial charge in [-0.05, 0) is 0 Å². The van der Waals surface area contributed by atoms with Crippen LogP contribution in [0.25, 0.3) is 0 Å². The lowest BCUT2D eigenvalue weighted by Gasteiger charge is -2.05. The molecule has 0 rings (SSSR count). The monoisotopic (exact) mass is 147 g/mol. The minimum atomic E-state index is -0.879. The molecule has 0 fully saturated rings. The summed E-state index contributed by atoms with van der Waals surface area (Å²) in [5.41, 5.74) is 5.16. The number of methoxy groups -OCH3 is 1. The summed E-state index contributed by atoms with van der Waals surface area (Å²) < 4.78 is 8.46.